The lowest BCUT2D eigenvalue weighted by atomic mass is 10.1. The maximum absolute atomic E-state index is 10.5. The Balaban J connectivity index is 0.000000241. The van der Waals surface area contributed by atoms with Crippen LogP contribution in [0.1, 0.15) is 40.0 Å². The second-order valence-corrected chi connectivity index (χ2v) is 4.22. The van der Waals surface area contributed by atoms with Crippen LogP contribution in [0.4, 0.5) is 0 Å². The van der Waals surface area contributed by atoms with Gasteiger partial charge in [-0.15, -0.1) is 0 Å². The molecule has 0 aliphatic carbocycles. The minimum atomic E-state index is 0.287. The topological polar surface area (TPSA) is 37.4 Å². The quantitative estimate of drug-likeness (QED) is 0.680. The summed E-state index contributed by atoms with van der Waals surface area (Å²) in [5, 5.41) is 0. The summed E-state index contributed by atoms with van der Waals surface area (Å²) in [5.41, 5.74) is 0. The number of hydrogen-bond acceptors (Lipinski definition) is 2. The Bertz CT molecular complexity index is 199. The summed E-state index contributed by atoms with van der Waals surface area (Å²) in [6, 6.07) is 0. The summed E-state index contributed by atoms with van der Waals surface area (Å²) in [6.45, 7) is 6.67. The van der Waals surface area contributed by atoms with Gasteiger partial charge in [0.25, 0.3) is 0 Å². The van der Waals surface area contributed by atoms with E-state index in [1.807, 2.05) is 20.9 Å². The highest BCUT2D eigenvalue weighted by molar-refractivity contribution is 5.77. The zero-order valence-electron chi connectivity index (χ0n) is 9.67. The largest absolute Gasteiger partial charge is 0.346 e. The molecule has 1 amide bonds. The zero-order valence-corrected chi connectivity index (χ0v) is 9.67. The molecule has 0 unspecified atom stereocenters. The van der Waals surface area contributed by atoms with Crippen molar-refractivity contribution in [2.24, 2.45) is 5.92 Å². The van der Waals surface area contributed by atoms with Gasteiger partial charge in [-0.2, -0.15) is 0 Å². The highest BCUT2D eigenvalue weighted by Gasteiger charge is 2.14. The maximum atomic E-state index is 10.5. The van der Waals surface area contributed by atoms with Crippen LogP contribution in [0.15, 0.2) is 0 Å². The van der Waals surface area contributed by atoms with Crippen LogP contribution in [-0.4, -0.2) is 30.2 Å². The first-order chi connectivity index (χ1) is 6.43. The molecule has 0 N–H and O–H groups in total. The molecular formula is C11H21NO2. The second-order valence-electron chi connectivity index (χ2n) is 4.22. The number of rotatable bonds is 2. The zero-order chi connectivity index (χ0) is 11.1. The van der Waals surface area contributed by atoms with E-state index in [2.05, 4.69) is 0 Å². The van der Waals surface area contributed by atoms with Gasteiger partial charge in [0.1, 0.15) is 5.78 Å². The van der Waals surface area contributed by atoms with Gasteiger partial charge >= 0.3 is 0 Å². The molecule has 3 nitrogen and oxygen atoms in total. The molecule has 82 valence electrons. The summed E-state index contributed by atoms with van der Waals surface area (Å²) in [4.78, 5) is 22.5. The van der Waals surface area contributed by atoms with Gasteiger partial charge in [0.05, 0.1) is 0 Å². The van der Waals surface area contributed by atoms with E-state index in [9.17, 15) is 9.59 Å². The van der Waals surface area contributed by atoms with Crippen molar-refractivity contribution >= 4 is 11.7 Å². The molecule has 0 spiro atoms. The average molecular weight is 199 g/mol. The SMILES string of the molecule is CC(=O)CC(C)C.CN1CCCC1=O. The molecule has 0 aromatic heterocycles. The second kappa shape index (κ2) is 6.57. The van der Waals surface area contributed by atoms with E-state index in [4.69, 9.17) is 0 Å². The highest BCUT2D eigenvalue weighted by atomic mass is 16.2. The number of ketones is 1. The first-order valence-electron chi connectivity index (χ1n) is 5.17. The van der Waals surface area contributed by atoms with Crippen LogP contribution in [0.5, 0.6) is 0 Å². The Hall–Kier alpha value is -0.860. The van der Waals surface area contributed by atoms with Crippen LogP contribution in [-0.2, 0) is 9.59 Å². The van der Waals surface area contributed by atoms with E-state index in [1.165, 1.54) is 0 Å². The molecule has 0 aromatic rings. The minimum Gasteiger partial charge on any atom is -0.346 e. The van der Waals surface area contributed by atoms with Crippen LogP contribution < -0.4 is 0 Å². The number of nitrogens with zero attached hydrogens (tertiary/aromatic N) is 1. The average Bonchev–Trinajstić information content (AvgIpc) is 2.34. The molecule has 1 aliphatic heterocycles. The van der Waals surface area contributed by atoms with Crippen LogP contribution in [0.3, 0.4) is 0 Å². The van der Waals surface area contributed by atoms with Crippen LogP contribution >= 0.6 is 0 Å². The molecule has 1 fully saturated rings. The van der Waals surface area contributed by atoms with Gasteiger partial charge in [0.15, 0.2) is 0 Å². The van der Waals surface area contributed by atoms with Crippen molar-refractivity contribution in [2.75, 3.05) is 13.6 Å². The molecule has 1 saturated heterocycles. The van der Waals surface area contributed by atoms with Crippen molar-refractivity contribution in [3.05, 3.63) is 0 Å². The molecule has 0 aromatic carbocycles. The Morgan fingerprint density at radius 2 is 2.07 bits per heavy atom. The highest BCUT2D eigenvalue weighted by Crippen LogP contribution is 2.04. The molecule has 1 aliphatic rings. The van der Waals surface area contributed by atoms with E-state index in [1.54, 1.807) is 11.8 Å². The van der Waals surface area contributed by atoms with E-state index in [-0.39, 0.29) is 5.78 Å². The number of carbonyl (C=O) groups excluding carboxylic acids is 2. The van der Waals surface area contributed by atoms with Crippen molar-refractivity contribution < 1.29 is 9.59 Å². The third kappa shape index (κ3) is 6.63. The maximum Gasteiger partial charge on any atom is 0.222 e. The number of carbonyl (C=O) groups is 2. The van der Waals surface area contributed by atoms with Gasteiger partial charge in [-0.25, -0.2) is 0 Å². The Morgan fingerprint density at radius 3 is 2.14 bits per heavy atom. The first-order valence-corrected chi connectivity index (χ1v) is 5.17. The van der Waals surface area contributed by atoms with Gasteiger partial charge < -0.3 is 9.69 Å². The van der Waals surface area contributed by atoms with Crippen molar-refractivity contribution in [2.45, 2.75) is 40.0 Å². The molecule has 1 heterocycles. The minimum absolute atomic E-state index is 0.287. The van der Waals surface area contributed by atoms with Crippen LogP contribution in [0, 0.1) is 5.92 Å². The summed E-state index contributed by atoms with van der Waals surface area (Å²) in [5.74, 6) is 1.10. The lowest BCUT2D eigenvalue weighted by Crippen LogP contribution is -2.17. The van der Waals surface area contributed by atoms with E-state index >= 15 is 0 Å². The number of amides is 1. The van der Waals surface area contributed by atoms with Gasteiger partial charge in [-0.1, -0.05) is 13.8 Å². The predicted octanol–water partition coefficient (Wildman–Crippen LogP) is 1.86. The lowest BCUT2D eigenvalue weighted by molar-refractivity contribution is -0.126. The van der Waals surface area contributed by atoms with Crippen molar-refractivity contribution in [3.8, 4) is 0 Å². The number of Topliss-reactive ketones (excluding diaryl/α,β-unsaturated/α-hetero) is 1. The summed E-state index contributed by atoms with van der Waals surface area (Å²) < 4.78 is 0. The van der Waals surface area contributed by atoms with E-state index < -0.39 is 0 Å². The smallest absolute Gasteiger partial charge is 0.222 e. The number of likely N-dealkylation sites (tertiary alicyclic amines) is 1. The van der Waals surface area contributed by atoms with Gasteiger partial charge in [0, 0.05) is 26.4 Å². The van der Waals surface area contributed by atoms with Crippen LogP contribution in [0.25, 0.3) is 0 Å². The van der Waals surface area contributed by atoms with Gasteiger partial charge in [-0.05, 0) is 19.3 Å². The third-order valence-corrected chi connectivity index (χ3v) is 2.01. The van der Waals surface area contributed by atoms with Crippen molar-refractivity contribution in [3.63, 3.8) is 0 Å². The fourth-order valence-electron chi connectivity index (χ4n) is 1.36. The number of hydrogen-bond donors (Lipinski definition) is 0. The molecule has 1 rings (SSSR count). The Labute approximate surface area is 86.5 Å². The van der Waals surface area contributed by atoms with E-state index in [0.717, 1.165) is 25.8 Å². The Morgan fingerprint density at radius 1 is 1.50 bits per heavy atom. The summed E-state index contributed by atoms with van der Waals surface area (Å²) in [6.07, 6.45) is 2.53. The lowest BCUT2D eigenvalue weighted by Gasteiger charge is -2.03. The summed E-state index contributed by atoms with van der Waals surface area (Å²) in [7, 11) is 1.84. The predicted molar refractivity (Wildman–Crippen MR) is 57.0 cm³/mol. The summed E-state index contributed by atoms with van der Waals surface area (Å²) >= 11 is 0. The van der Waals surface area contributed by atoms with E-state index in [0.29, 0.717) is 11.8 Å². The fraction of sp³-hybridized carbons (Fsp3) is 0.818. The standard InChI is InChI=1S/C6H12O.C5H9NO/c1-5(2)4-6(3)7;1-6-4-2-3-5(6)7/h5H,4H2,1-3H3;2-4H2,1H3. The molecule has 0 atom stereocenters. The van der Waals surface area contributed by atoms with Crippen molar-refractivity contribution in [1.82, 2.24) is 4.90 Å². The molecule has 0 radical (unpaired) electrons. The third-order valence-electron chi connectivity index (χ3n) is 2.01. The Kier molecular flexibility index (Phi) is 6.17. The van der Waals surface area contributed by atoms with Gasteiger partial charge in [0.2, 0.25) is 5.91 Å². The first kappa shape index (κ1) is 13.1. The fourth-order valence-corrected chi connectivity index (χ4v) is 1.36. The molecular weight excluding hydrogens is 178 g/mol. The molecule has 0 bridgehead atoms. The molecule has 14 heavy (non-hydrogen) atoms. The van der Waals surface area contributed by atoms with Crippen LogP contribution in [0.2, 0.25) is 0 Å². The molecule has 3 heteroatoms. The van der Waals surface area contributed by atoms with Crippen molar-refractivity contribution in [1.29, 1.82) is 0 Å². The molecule has 0 saturated carbocycles. The monoisotopic (exact) mass is 199 g/mol. The van der Waals surface area contributed by atoms with Gasteiger partial charge in [-0.3, -0.25) is 4.79 Å². The normalized spacial score (nSPS) is 15.5.